The standard InChI is InChI=1S/C13H33NO6Si2/c1-8-9-14(10-12-21(15-2,16-3)17-4)11-13-22(18-5,19-6)20-7/h8-13H2,1-7H3. The minimum absolute atomic E-state index is 0.748. The summed E-state index contributed by atoms with van der Waals surface area (Å²) in [6.45, 7) is 4.84. The topological polar surface area (TPSA) is 58.6 Å². The zero-order chi connectivity index (χ0) is 17.1. The zero-order valence-electron chi connectivity index (χ0n) is 15.1. The van der Waals surface area contributed by atoms with Crippen molar-refractivity contribution in [3.05, 3.63) is 0 Å². The molecule has 0 unspecified atom stereocenters. The van der Waals surface area contributed by atoms with Gasteiger partial charge < -0.3 is 31.5 Å². The van der Waals surface area contributed by atoms with E-state index in [1.807, 2.05) is 0 Å². The van der Waals surface area contributed by atoms with Crippen molar-refractivity contribution in [1.29, 1.82) is 0 Å². The number of hydrogen-bond acceptors (Lipinski definition) is 7. The van der Waals surface area contributed by atoms with Crippen molar-refractivity contribution in [3.63, 3.8) is 0 Å². The van der Waals surface area contributed by atoms with E-state index in [0.717, 1.165) is 38.1 Å². The summed E-state index contributed by atoms with van der Waals surface area (Å²) < 4.78 is 32.9. The number of nitrogens with zero attached hydrogens (tertiary/aromatic N) is 1. The van der Waals surface area contributed by atoms with E-state index >= 15 is 0 Å². The quantitative estimate of drug-likeness (QED) is 0.437. The second-order valence-electron chi connectivity index (χ2n) is 4.93. The van der Waals surface area contributed by atoms with Crippen LogP contribution in [0.15, 0.2) is 0 Å². The van der Waals surface area contributed by atoms with Gasteiger partial charge in [-0.2, -0.15) is 0 Å². The van der Waals surface area contributed by atoms with Crippen LogP contribution in [-0.4, -0.2) is 84.8 Å². The molecular formula is C13H33NO6Si2. The van der Waals surface area contributed by atoms with Gasteiger partial charge in [0.05, 0.1) is 0 Å². The fourth-order valence-corrected chi connectivity index (χ4v) is 5.76. The summed E-state index contributed by atoms with van der Waals surface area (Å²) in [5.74, 6) is 0. The van der Waals surface area contributed by atoms with Gasteiger partial charge in [0.15, 0.2) is 0 Å². The Kier molecular flexibility index (Phi) is 11.7. The van der Waals surface area contributed by atoms with E-state index in [0.29, 0.717) is 0 Å². The maximum atomic E-state index is 5.48. The zero-order valence-corrected chi connectivity index (χ0v) is 17.1. The first-order valence-electron chi connectivity index (χ1n) is 7.54. The normalized spacial score (nSPS) is 13.1. The van der Waals surface area contributed by atoms with Gasteiger partial charge in [0, 0.05) is 67.8 Å². The lowest BCUT2D eigenvalue weighted by atomic mass is 10.4. The highest BCUT2D eigenvalue weighted by Crippen LogP contribution is 2.17. The SMILES string of the molecule is CCCN(CC[Si](OC)(OC)OC)CC[Si](OC)(OC)OC. The van der Waals surface area contributed by atoms with Gasteiger partial charge in [-0.3, -0.25) is 0 Å². The van der Waals surface area contributed by atoms with Crippen LogP contribution in [0.5, 0.6) is 0 Å². The Bertz CT molecular complexity index is 237. The van der Waals surface area contributed by atoms with Crippen LogP contribution < -0.4 is 0 Å². The predicted molar refractivity (Wildman–Crippen MR) is 89.9 cm³/mol. The predicted octanol–water partition coefficient (Wildman–Crippen LogP) is 1.45. The summed E-state index contributed by atoms with van der Waals surface area (Å²) in [6, 6.07) is 1.50. The Morgan fingerprint density at radius 3 is 1.14 bits per heavy atom. The molecule has 0 radical (unpaired) electrons. The monoisotopic (exact) mass is 355 g/mol. The molecule has 0 aromatic heterocycles. The van der Waals surface area contributed by atoms with E-state index < -0.39 is 17.6 Å². The van der Waals surface area contributed by atoms with Gasteiger partial charge in [0.25, 0.3) is 0 Å². The van der Waals surface area contributed by atoms with Crippen molar-refractivity contribution < 1.29 is 26.6 Å². The Balaban J connectivity index is 4.60. The lowest BCUT2D eigenvalue weighted by Gasteiger charge is -2.30. The van der Waals surface area contributed by atoms with Crippen LogP contribution in [0.1, 0.15) is 13.3 Å². The average Bonchev–Trinajstić information content (AvgIpc) is 2.58. The van der Waals surface area contributed by atoms with Crippen molar-refractivity contribution in [2.75, 3.05) is 62.3 Å². The lowest BCUT2D eigenvalue weighted by Crippen LogP contribution is -2.48. The van der Waals surface area contributed by atoms with Gasteiger partial charge in [-0.1, -0.05) is 6.92 Å². The first kappa shape index (κ1) is 22.2. The van der Waals surface area contributed by atoms with Crippen LogP contribution in [0, 0.1) is 0 Å². The van der Waals surface area contributed by atoms with Crippen molar-refractivity contribution in [2.45, 2.75) is 25.4 Å². The Labute approximate surface area is 137 Å². The van der Waals surface area contributed by atoms with Crippen molar-refractivity contribution >= 4 is 17.6 Å². The summed E-state index contributed by atoms with van der Waals surface area (Å²) in [5.41, 5.74) is 0. The summed E-state index contributed by atoms with van der Waals surface area (Å²) >= 11 is 0. The molecule has 0 amide bonds. The first-order chi connectivity index (χ1) is 10.5. The fraction of sp³-hybridized carbons (Fsp3) is 1.00. The van der Waals surface area contributed by atoms with Gasteiger partial charge >= 0.3 is 17.6 Å². The molecule has 0 fully saturated rings. The van der Waals surface area contributed by atoms with Gasteiger partial charge in [0.2, 0.25) is 0 Å². The molecule has 0 bridgehead atoms. The highest BCUT2D eigenvalue weighted by Gasteiger charge is 2.40. The van der Waals surface area contributed by atoms with Gasteiger partial charge in [0.1, 0.15) is 0 Å². The van der Waals surface area contributed by atoms with Crippen LogP contribution in [0.2, 0.25) is 12.1 Å². The lowest BCUT2D eigenvalue weighted by molar-refractivity contribution is 0.112. The van der Waals surface area contributed by atoms with Crippen molar-refractivity contribution in [1.82, 2.24) is 4.90 Å². The molecule has 22 heavy (non-hydrogen) atoms. The maximum Gasteiger partial charge on any atom is 0.501 e. The third kappa shape index (κ3) is 6.73. The molecule has 0 N–H and O–H groups in total. The van der Waals surface area contributed by atoms with E-state index in [1.54, 1.807) is 42.7 Å². The second kappa shape index (κ2) is 11.7. The maximum absolute atomic E-state index is 5.48. The summed E-state index contributed by atoms with van der Waals surface area (Å²) in [5, 5.41) is 0. The molecule has 0 heterocycles. The molecule has 7 nitrogen and oxygen atoms in total. The number of hydrogen-bond donors (Lipinski definition) is 0. The highest BCUT2D eigenvalue weighted by atomic mass is 28.4. The smallest absolute Gasteiger partial charge is 0.377 e. The molecule has 0 aliphatic rings. The minimum Gasteiger partial charge on any atom is -0.377 e. The summed E-state index contributed by atoms with van der Waals surface area (Å²) in [7, 11) is 4.78. The van der Waals surface area contributed by atoms with E-state index in [-0.39, 0.29) is 0 Å². The molecule has 0 rings (SSSR count). The van der Waals surface area contributed by atoms with Crippen LogP contribution in [-0.2, 0) is 26.6 Å². The Morgan fingerprint density at radius 1 is 0.591 bits per heavy atom. The molecule has 134 valence electrons. The molecule has 0 atom stereocenters. The van der Waals surface area contributed by atoms with Gasteiger partial charge in [-0.05, 0) is 13.0 Å². The Hall–Kier alpha value is 0.154. The second-order valence-corrected chi connectivity index (χ2v) is 11.1. The van der Waals surface area contributed by atoms with E-state index in [4.69, 9.17) is 26.6 Å². The minimum atomic E-state index is -2.53. The van der Waals surface area contributed by atoms with Crippen LogP contribution in [0.25, 0.3) is 0 Å². The Morgan fingerprint density at radius 2 is 0.909 bits per heavy atom. The van der Waals surface area contributed by atoms with Crippen molar-refractivity contribution in [3.8, 4) is 0 Å². The van der Waals surface area contributed by atoms with Crippen LogP contribution in [0.3, 0.4) is 0 Å². The van der Waals surface area contributed by atoms with Crippen LogP contribution in [0.4, 0.5) is 0 Å². The molecule has 9 heteroatoms. The molecule has 0 aliphatic carbocycles. The third-order valence-corrected chi connectivity index (χ3v) is 9.28. The third-order valence-electron chi connectivity index (χ3n) is 3.87. The van der Waals surface area contributed by atoms with Gasteiger partial charge in [-0.15, -0.1) is 0 Å². The number of rotatable bonds is 14. The first-order valence-corrected chi connectivity index (χ1v) is 11.4. The average molecular weight is 356 g/mol. The summed E-state index contributed by atoms with van der Waals surface area (Å²) in [6.07, 6.45) is 1.07. The fourth-order valence-electron chi connectivity index (χ4n) is 2.35. The molecular weight excluding hydrogens is 322 g/mol. The molecule has 0 saturated heterocycles. The van der Waals surface area contributed by atoms with Crippen molar-refractivity contribution in [2.24, 2.45) is 0 Å². The van der Waals surface area contributed by atoms with Gasteiger partial charge in [-0.25, -0.2) is 0 Å². The van der Waals surface area contributed by atoms with E-state index in [2.05, 4.69) is 11.8 Å². The van der Waals surface area contributed by atoms with Crippen LogP contribution >= 0.6 is 0 Å². The molecule has 0 spiro atoms. The molecule has 0 aromatic carbocycles. The molecule has 0 aliphatic heterocycles. The molecule has 0 aromatic rings. The summed E-state index contributed by atoms with van der Waals surface area (Å²) in [4.78, 5) is 2.34. The van der Waals surface area contributed by atoms with E-state index in [1.165, 1.54) is 0 Å². The molecule has 0 saturated carbocycles. The van der Waals surface area contributed by atoms with E-state index in [9.17, 15) is 0 Å². The highest BCUT2D eigenvalue weighted by molar-refractivity contribution is 6.61. The largest absolute Gasteiger partial charge is 0.501 e.